The second kappa shape index (κ2) is 6.54. The molecule has 1 aromatic heterocycles. The third kappa shape index (κ3) is 3.00. The summed E-state index contributed by atoms with van der Waals surface area (Å²) >= 11 is 0. The first-order chi connectivity index (χ1) is 9.67. The Kier molecular flexibility index (Phi) is 4.76. The summed E-state index contributed by atoms with van der Waals surface area (Å²) in [6.07, 6.45) is 4.23. The maximum atomic E-state index is 12.0. The normalized spacial score (nSPS) is 18.4. The molecule has 20 heavy (non-hydrogen) atoms. The van der Waals surface area contributed by atoms with Crippen molar-refractivity contribution in [1.82, 2.24) is 14.9 Å². The molecule has 0 spiro atoms. The van der Waals surface area contributed by atoms with E-state index in [4.69, 9.17) is 0 Å². The maximum Gasteiger partial charge on any atom is 0.244 e. The fourth-order valence-electron chi connectivity index (χ4n) is 2.39. The summed E-state index contributed by atoms with van der Waals surface area (Å²) in [5.74, 6) is 1.77. The molecule has 1 atom stereocenters. The van der Waals surface area contributed by atoms with Gasteiger partial charge in [-0.3, -0.25) is 4.79 Å². The highest BCUT2D eigenvalue weighted by atomic mass is 16.2. The molecule has 2 heterocycles. The first-order valence-electron chi connectivity index (χ1n) is 7.26. The summed E-state index contributed by atoms with van der Waals surface area (Å²) in [5, 5.41) is 6.59. The molecular weight excluding hydrogens is 254 g/mol. The van der Waals surface area contributed by atoms with Crippen LogP contribution in [0.15, 0.2) is 6.33 Å². The third-order valence-electron chi connectivity index (χ3n) is 3.58. The summed E-state index contributed by atoms with van der Waals surface area (Å²) in [7, 11) is 1.83. The number of hydrogen-bond acceptors (Lipinski definition) is 5. The first-order valence-corrected chi connectivity index (χ1v) is 7.26. The van der Waals surface area contributed by atoms with E-state index in [2.05, 4.69) is 34.4 Å². The van der Waals surface area contributed by atoms with Gasteiger partial charge in [-0.15, -0.1) is 0 Å². The minimum absolute atomic E-state index is 0.133. The highest BCUT2D eigenvalue weighted by Gasteiger charge is 2.29. The summed E-state index contributed by atoms with van der Waals surface area (Å²) in [6, 6.07) is -0.167. The molecule has 0 aliphatic carbocycles. The van der Waals surface area contributed by atoms with Crippen LogP contribution in [0.4, 0.5) is 11.6 Å². The van der Waals surface area contributed by atoms with Gasteiger partial charge in [0.1, 0.15) is 24.0 Å². The molecule has 1 aliphatic rings. The van der Waals surface area contributed by atoms with E-state index in [9.17, 15) is 4.79 Å². The number of aromatic nitrogens is 2. The molecule has 1 aromatic rings. The van der Waals surface area contributed by atoms with Gasteiger partial charge in [0.15, 0.2) is 0 Å². The molecule has 0 saturated carbocycles. The van der Waals surface area contributed by atoms with Crippen molar-refractivity contribution >= 4 is 17.5 Å². The molecule has 1 saturated heterocycles. The highest BCUT2D eigenvalue weighted by molar-refractivity contribution is 5.86. The summed E-state index contributed by atoms with van der Waals surface area (Å²) in [4.78, 5) is 22.3. The standard InChI is InChI=1S/C14H23N5O/c1-4-7-15-12-10(5-2)13(17-9-16-12)18-11-6-8-19(3)14(11)20/h9,11H,4-8H2,1-3H3,(H2,15,16,17,18). The van der Waals surface area contributed by atoms with Crippen molar-refractivity contribution < 1.29 is 4.79 Å². The van der Waals surface area contributed by atoms with Crippen molar-refractivity contribution in [3.63, 3.8) is 0 Å². The number of anilines is 2. The molecule has 6 heteroatoms. The lowest BCUT2D eigenvalue weighted by atomic mass is 10.2. The van der Waals surface area contributed by atoms with E-state index < -0.39 is 0 Å². The molecule has 110 valence electrons. The Morgan fingerprint density at radius 1 is 1.35 bits per heavy atom. The minimum Gasteiger partial charge on any atom is -0.370 e. The molecule has 2 N–H and O–H groups in total. The van der Waals surface area contributed by atoms with E-state index in [1.165, 1.54) is 0 Å². The number of carbonyl (C=O) groups is 1. The molecule has 1 aliphatic heterocycles. The number of rotatable bonds is 6. The quantitative estimate of drug-likeness (QED) is 0.824. The van der Waals surface area contributed by atoms with Gasteiger partial charge in [0.05, 0.1) is 0 Å². The second-order valence-electron chi connectivity index (χ2n) is 5.08. The van der Waals surface area contributed by atoms with E-state index >= 15 is 0 Å². The predicted octanol–water partition coefficient (Wildman–Crippen LogP) is 1.50. The molecule has 1 fully saturated rings. The van der Waals surface area contributed by atoms with Crippen molar-refractivity contribution in [2.45, 2.75) is 39.2 Å². The van der Waals surface area contributed by atoms with E-state index in [0.29, 0.717) is 0 Å². The topological polar surface area (TPSA) is 70.2 Å². The monoisotopic (exact) mass is 277 g/mol. The van der Waals surface area contributed by atoms with Crippen molar-refractivity contribution in [3.05, 3.63) is 11.9 Å². The van der Waals surface area contributed by atoms with Gasteiger partial charge in [-0.25, -0.2) is 9.97 Å². The molecule has 0 radical (unpaired) electrons. The molecule has 1 amide bonds. The Bertz CT molecular complexity index is 477. The smallest absolute Gasteiger partial charge is 0.244 e. The lowest BCUT2D eigenvalue weighted by Gasteiger charge is -2.17. The largest absolute Gasteiger partial charge is 0.370 e. The number of hydrogen-bond donors (Lipinski definition) is 2. The van der Waals surface area contributed by atoms with Crippen molar-refractivity contribution in [2.24, 2.45) is 0 Å². The zero-order valence-corrected chi connectivity index (χ0v) is 12.4. The summed E-state index contributed by atoms with van der Waals surface area (Å²) in [6.45, 7) is 5.87. The van der Waals surface area contributed by atoms with Crippen LogP contribution in [-0.2, 0) is 11.2 Å². The van der Waals surface area contributed by atoms with E-state index in [0.717, 1.165) is 49.6 Å². The predicted molar refractivity (Wildman–Crippen MR) is 79.9 cm³/mol. The number of likely N-dealkylation sites (N-methyl/N-ethyl adjacent to an activating group) is 1. The zero-order chi connectivity index (χ0) is 14.5. The van der Waals surface area contributed by atoms with Crippen LogP contribution in [-0.4, -0.2) is 47.0 Å². The van der Waals surface area contributed by atoms with Crippen LogP contribution in [0.5, 0.6) is 0 Å². The van der Waals surface area contributed by atoms with Crippen LogP contribution in [0.25, 0.3) is 0 Å². The summed E-state index contributed by atoms with van der Waals surface area (Å²) < 4.78 is 0. The molecule has 0 bridgehead atoms. The van der Waals surface area contributed by atoms with E-state index in [1.54, 1.807) is 11.2 Å². The number of nitrogens with one attached hydrogen (secondary N) is 2. The number of carbonyl (C=O) groups excluding carboxylic acids is 1. The van der Waals surface area contributed by atoms with Crippen LogP contribution >= 0.6 is 0 Å². The van der Waals surface area contributed by atoms with E-state index in [-0.39, 0.29) is 11.9 Å². The summed E-state index contributed by atoms with van der Waals surface area (Å²) in [5.41, 5.74) is 1.04. The minimum atomic E-state index is -0.167. The third-order valence-corrected chi connectivity index (χ3v) is 3.58. The average Bonchev–Trinajstić information content (AvgIpc) is 2.77. The van der Waals surface area contributed by atoms with Gasteiger partial charge in [0, 0.05) is 25.7 Å². The Hall–Kier alpha value is -1.85. The maximum absolute atomic E-state index is 12.0. The van der Waals surface area contributed by atoms with Gasteiger partial charge >= 0.3 is 0 Å². The SMILES string of the molecule is CCCNc1ncnc(NC2CCN(C)C2=O)c1CC. The van der Waals surface area contributed by atoms with E-state index in [1.807, 2.05) is 7.05 Å². The van der Waals surface area contributed by atoms with Crippen molar-refractivity contribution in [1.29, 1.82) is 0 Å². The Morgan fingerprint density at radius 2 is 2.10 bits per heavy atom. The number of amides is 1. The molecular formula is C14H23N5O. The molecule has 0 aromatic carbocycles. The highest BCUT2D eigenvalue weighted by Crippen LogP contribution is 2.23. The van der Waals surface area contributed by atoms with Crippen LogP contribution in [0.2, 0.25) is 0 Å². The number of nitrogens with zero attached hydrogens (tertiary/aromatic N) is 3. The second-order valence-corrected chi connectivity index (χ2v) is 5.08. The fraction of sp³-hybridized carbons (Fsp3) is 0.643. The Labute approximate surface area is 120 Å². The lowest BCUT2D eigenvalue weighted by Crippen LogP contribution is -2.31. The molecule has 1 unspecified atom stereocenters. The van der Waals surface area contributed by atoms with Crippen LogP contribution in [0.1, 0.15) is 32.3 Å². The van der Waals surface area contributed by atoms with Gasteiger partial charge in [0.2, 0.25) is 5.91 Å². The fourth-order valence-corrected chi connectivity index (χ4v) is 2.39. The van der Waals surface area contributed by atoms with Crippen LogP contribution < -0.4 is 10.6 Å². The zero-order valence-electron chi connectivity index (χ0n) is 12.4. The van der Waals surface area contributed by atoms with Crippen LogP contribution in [0, 0.1) is 0 Å². The van der Waals surface area contributed by atoms with Gasteiger partial charge in [0.25, 0.3) is 0 Å². The van der Waals surface area contributed by atoms with Crippen molar-refractivity contribution in [2.75, 3.05) is 30.8 Å². The molecule has 2 rings (SSSR count). The van der Waals surface area contributed by atoms with Gasteiger partial charge in [-0.05, 0) is 19.3 Å². The molecule has 6 nitrogen and oxygen atoms in total. The first kappa shape index (κ1) is 14.6. The Balaban J connectivity index is 2.16. The van der Waals surface area contributed by atoms with Gasteiger partial charge in [-0.2, -0.15) is 0 Å². The van der Waals surface area contributed by atoms with Gasteiger partial charge < -0.3 is 15.5 Å². The Morgan fingerprint density at radius 3 is 2.70 bits per heavy atom. The van der Waals surface area contributed by atoms with Crippen molar-refractivity contribution in [3.8, 4) is 0 Å². The van der Waals surface area contributed by atoms with Crippen LogP contribution in [0.3, 0.4) is 0 Å². The van der Waals surface area contributed by atoms with Gasteiger partial charge in [-0.1, -0.05) is 13.8 Å². The average molecular weight is 277 g/mol. The lowest BCUT2D eigenvalue weighted by molar-refractivity contribution is -0.127. The number of likely N-dealkylation sites (tertiary alicyclic amines) is 1.